The van der Waals surface area contributed by atoms with Gasteiger partial charge >= 0.3 is 0 Å². The zero-order valence-electron chi connectivity index (χ0n) is 13.1. The molecule has 3 N–H and O–H groups in total. The van der Waals surface area contributed by atoms with Gasteiger partial charge < -0.3 is 15.7 Å². The molecular weight excluding hydrogens is 264 g/mol. The third-order valence-corrected chi connectivity index (χ3v) is 4.60. The van der Waals surface area contributed by atoms with E-state index in [1.54, 1.807) is 0 Å². The molecule has 4 nitrogen and oxygen atoms in total. The van der Waals surface area contributed by atoms with Gasteiger partial charge in [-0.15, -0.1) is 0 Å². The number of carbonyl (C=O) groups is 1. The van der Waals surface area contributed by atoms with Crippen LogP contribution in [0.15, 0.2) is 24.3 Å². The normalized spacial score (nSPS) is 26.6. The van der Waals surface area contributed by atoms with Gasteiger partial charge in [-0.2, -0.15) is 0 Å². The van der Waals surface area contributed by atoms with E-state index in [1.165, 1.54) is 6.92 Å². The summed E-state index contributed by atoms with van der Waals surface area (Å²) in [6, 6.07) is 8.44. The van der Waals surface area contributed by atoms with Gasteiger partial charge in [0.05, 0.1) is 0 Å². The number of aliphatic hydroxyl groups is 1. The molecule has 0 radical (unpaired) electrons. The fourth-order valence-corrected chi connectivity index (χ4v) is 3.19. The summed E-state index contributed by atoms with van der Waals surface area (Å²) in [7, 11) is 0. The van der Waals surface area contributed by atoms with Crippen LogP contribution in [-0.2, 0) is 4.79 Å². The summed E-state index contributed by atoms with van der Waals surface area (Å²) in [4.78, 5) is 11.1. The number of hydrogen-bond donors (Lipinski definition) is 3. The molecule has 3 atom stereocenters. The molecule has 0 heterocycles. The van der Waals surface area contributed by atoms with Crippen LogP contribution in [0.3, 0.4) is 0 Å². The standard InChI is InChI=1S/C17H26N2O2/c1-12(18-16-8-5-9-17(16,3)11-20)14-6-4-7-15(10-14)19-13(2)21/h4,6-7,10,12,16,18,20H,5,8-9,11H2,1-3H3,(H,19,21). The van der Waals surface area contributed by atoms with Crippen molar-refractivity contribution in [3.05, 3.63) is 29.8 Å². The summed E-state index contributed by atoms with van der Waals surface area (Å²) in [5.74, 6) is -0.0589. The Balaban J connectivity index is 2.06. The maximum Gasteiger partial charge on any atom is 0.221 e. The minimum absolute atomic E-state index is 0.0243. The van der Waals surface area contributed by atoms with Crippen molar-refractivity contribution in [1.29, 1.82) is 0 Å². The number of nitrogens with one attached hydrogen (secondary N) is 2. The summed E-state index contributed by atoms with van der Waals surface area (Å²) in [6.45, 7) is 6.02. The summed E-state index contributed by atoms with van der Waals surface area (Å²) in [5.41, 5.74) is 1.95. The zero-order chi connectivity index (χ0) is 15.5. The Kier molecular flexibility index (Phi) is 5.01. The molecule has 0 aliphatic heterocycles. The molecule has 2 rings (SSSR count). The first-order valence-electron chi connectivity index (χ1n) is 7.69. The number of rotatable bonds is 5. The fraction of sp³-hybridized carbons (Fsp3) is 0.588. The molecule has 3 unspecified atom stereocenters. The third-order valence-electron chi connectivity index (χ3n) is 4.60. The van der Waals surface area contributed by atoms with Gasteiger partial charge in [0, 0.05) is 36.7 Å². The minimum atomic E-state index is -0.0589. The van der Waals surface area contributed by atoms with Gasteiger partial charge in [0.25, 0.3) is 0 Å². The van der Waals surface area contributed by atoms with Crippen LogP contribution in [0.5, 0.6) is 0 Å². The van der Waals surface area contributed by atoms with Crippen LogP contribution in [0.1, 0.15) is 51.6 Å². The highest BCUT2D eigenvalue weighted by molar-refractivity contribution is 5.88. The lowest BCUT2D eigenvalue weighted by molar-refractivity contribution is -0.114. The van der Waals surface area contributed by atoms with E-state index < -0.39 is 0 Å². The zero-order valence-corrected chi connectivity index (χ0v) is 13.1. The fourth-order valence-electron chi connectivity index (χ4n) is 3.19. The first-order valence-corrected chi connectivity index (χ1v) is 7.69. The van der Waals surface area contributed by atoms with E-state index in [9.17, 15) is 9.90 Å². The van der Waals surface area contributed by atoms with E-state index in [4.69, 9.17) is 0 Å². The molecule has 1 fully saturated rings. The molecule has 0 aromatic heterocycles. The van der Waals surface area contributed by atoms with E-state index in [-0.39, 0.29) is 24.0 Å². The molecule has 1 aromatic carbocycles. The highest BCUT2D eigenvalue weighted by atomic mass is 16.3. The van der Waals surface area contributed by atoms with Crippen LogP contribution < -0.4 is 10.6 Å². The third kappa shape index (κ3) is 3.83. The predicted molar refractivity (Wildman–Crippen MR) is 85.1 cm³/mol. The Morgan fingerprint density at radius 3 is 2.95 bits per heavy atom. The van der Waals surface area contributed by atoms with Crippen molar-refractivity contribution in [2.45, 2.75) is 52.1 Å². The first-order chi connectivity index (χ1) is 9.94. The summed E-state index contributed by atoms with van der Waals surface area (Å²) < 4.78 is 0. The van der Waals surface area contributed by atoms with E-state index >= 15 is 0 Å². The van der Waals surface area contributed by atoms with Crippen LogP contribution in [0.2, 0.25) is 0 Å². The molecule has 4 heteroatoms. The average Bonchev–Trinajstić information content (AvgIpc) is 2.80. The van der Waals surface area contributed by atoms with Crippen molar-refractivity contribution in [2.24, 2.45) is 5.41 Å². The smallest absolute Gasteiger partial charge is 0.221 e. The van der Waals surface area contributed by atoms with Crippen molar-refractivity contribution in [3.63, 3.8) is 0 Å². The van der Waals surface area contributed by atoms with Crippen LogP contribution in [-0.4, -0.2) is 23.7 Å². The van der Waals surface area contributed by atoms with Crippen molar-refractivity contribution in [2.75, 3.05) is 11.9 Å². The lowest BCUT2D eigenvalue weighted by Crippen LogP contribution is -2.42. The second-order valence-corrected chi connectivity index (χ2v) is 6.45. The molecule has 1 aromatic rings. The Hall–Kier alpha value is -1.39. The second kappa shape index (κ2) is 6.58. The highest BCUT2D eigenvalue weighted by Crippen LogP contribution is 2.38. The lowest BCUT2D eigenvalue weighted by atomic mass is 9.85. The predicted octanol–water partition coefficient (Wildman–Crippen LogP) is 2.85. The van der Waals surface area contributed by atoms with Crippen molar-refractivity contribution in [1.82, 2.24) is 5.32 Å². The Labute approximate surface area is 126 Å². The van der Waals surface area contributed by atoms with Gasteiger partial charge in [-0.25, -0.2) is 0 Å². The van der Waals surface area contributed by atoms with Gasteiger partial charge in [0.1, 0.15) is 0 Å². The monoisotopic (exact) mass is 290 g/mol. The Morgan fingerprint density at radius 1 is 1.52 bits per heavy atom. The molecule has 0 bridgehead atoms. The van der Waals surface area contributed by atoms with E-state index in [0.717, 1.165) is 30.5 Å². The quantitative estimate of drug-likeness (QED) is 0.781. The SMILES string of the molecule is CC(=O)Nc1cccc(C(C)NC2CCCC2(C)CO)c1. The number of hydrogen-bond acceptors (Lipinski definition) is 3. The number of anilines is 1. The molecule has 0 saturated heterocycles. The molecule has 1 amide bonds. The van der Waals surface area contributed by atoms with Gasteiger partial charge in [-0.3, -0.25) is 4.79 Å². The van der Waals surface area contributed by atoms with Gasteiger partial charge in [-0.05, 0) is 37.5 Å². The number of carbonyl (C=O) groups excluding carboxylic acids is 1. The van der Waals surface area contributed by atoms with Crippen LogP contribution >= 0.6 is 0 Å². The summed E-state index contributed by atoms with van der Waals surface area (Å²) >= 11 is 0. The first kappa shape index (κ1) is 16.0. The second-order valence-electron chi connectivity index (χ2n) is 6.45. The van der Waals surface area contributed by atoms with Crippen LogP contribution in [0, 0.1) is 5.41 Å². The summed E-state index contributed by atoms with van der Waals surface area (Å²) in [6.07, 6.45) is 3.33. The molecule has 1 saturated carbocycles. The summed E-state index contributed by atoms with van der Waals surface area (Å²) in [5, 5.41) is 16.1. The highest BCUT2D eigenvalue weighted by Gasteiger charge is 2.38. The maximum absolute atomic E-state index is 11.1. The molecule has 21 heavy (non-hydrogen) atoms. The molecule has 0 spiro atoms. The average molecular weight is 290 g/mol. The van der Waals surface area contributed by atoms with E-state index in [1.807, 2.05) is 18.2 Å². The maximum atomic E-state index is 11.1. The van der Waals surface area contributed by atoms with Crippen LogP contribution in [0.4, 0.5) is 5.69 Å². The number of amides is 1. The lowest BCUT2D eigenvalue weighted by Gasteiger charge is -2.33. The van der Waals surface area contributed by atoms with Crippen molar-refractivity contribution >= 4 is 11.6 Å². The number of aliphatic hydroxyl groups excluding tert-OH is 1. The van der Waals surface area contributed by atoms with Crippen molar-refractivity contribution in [3.8, 4) is 0 Å². The molecular formula is C17H26N2O2. The van der Waals surface area contributed by atoms with Gasteiger partial charge in [0.15, 0.2) is 0 Å². The molecule has 116 valence electrons. The Morgan fingerprint density at radius 2 is 2.29 bits per heavy atom. The minimum Gasteiger partial charge on any atom is -0.396 e. The number of benzene rings is 1. The van der Waals surface area contributed by atoms with Crippen molar-refractivity contribution < 1.29 is 9.90 Å². The molecule has 1 aliphatic carbocycles. The van der Waals surface area contributed by atoms with E-state index in [2.05, 4.69) is 30.5 Å². The van der Waals surface area contributed by atoms with Gasteiger partial charge in [0.2, 0.25) is 5.91 Å². The van der Waals surface area contributed by atoms with E-state index in [0.29, 0.717) is 6.04 Å². The van der Waals surface area contributed by atoms with Gasteiger partial charge in [-0.1, -0.05) is 25.5 Å². The topological polar surface area (TPSA) is 61.4 Å². The largest absolute Gasteiger partial charge is 0.396 e. The Bertz CT molecular complexity index is 503. The molecule has 1 aliphatic rings. The van der Waals surface area contributed by atoms with Crippen LogP contribution in [0.25, 0.3) is 0 Å².